The van der Waals surface area contributed by atoms with Crippen LogP contribution >= 0.6 is 15.9 Å². The van der Waals surface area contributed by atoms with Crippen molar-refractivity contribution in [1.29, 1.82) is 0 Å². The Bertz CT molecular complexity index is 1380. The maximum Gasteiger partial charge on any atom is 0.322 e. The lowest BCUT2D eigenvalue weighted by Crippen LogP contribution is -2.36. The fourth-order valence-electron chi connectivity index (χ4n) is 4.37. The summed E-state index contributed by atoms with van der Waals surface area (Å²) in [6, 6.07) is 37.0. The van der Waals surface area contributed by atoms with Gasteiger partial charge in [-0.2, -0.15) is 0 Å². The zero-order valence-corrected chi connectivity index (χ0v) is 20.3. The van der Waals surface area contributed by atoms with Gasteiger partial charge < -0.3 is 10.2 Å². The number of carbonyl (C=O) groups excluding carboxylic acids is 1. The smallest absolute Gasteiger partial charge is 0.320 e. The van der Waals surface area contributed by atoms with Crippen molar-refractivity contribution >= 4 is 49.2 Å². The molecule has 0 atom stereocenters. The first-order chi connectivity index (χ1) is 16.7. The predicted octanol–water partition coefficient (Wildman–Crippen LogP) is 8.03. The van der Waals surface area contributed by atoms with E-state index in [1.54, 1.807) is 0 Å². The lowest BCUT2D eigenvalue weighted by molar-refractivity contribution is 0.210. The van der Waals surface area contributed by atoms with Gasteiger partial charge in [0.05, 0.1) is 0 Å². The van der Waals surface area contributed by atoms with Crippen molar-refractivity contribution in [3.63, 3.8) is 0 Å². The van der Waals surface area contributed by atoms with E-state index in [1.165, 1.54) is 32.7 Å². The number of hydrogen-bond donors (Lipinski definition) is 1. The number of rotatable bonds is 6. The minimum atomic E-state index is -0.102. The summed E-state index contributed by atoms with van der Waals surface area (Å²) in [7, 11) is 0. The van der Waals surface area contributed by atoms with E-state index in [0.717, 1.165) is 16.6 Å². The highest BCUT2D eigenvalue weighted by Crippen LogP contribution is 2.30. The van der Waals surface area contributed by atoms with Crippen LogP contribution in [0.15, 0.2) is 114 Å². The van der Waals surface area contributed by atoms with Crippen LogP contribution in [0.5, 0.6) is 0 Å². The maximum absolute atomic E-state index is 13.5. The molecule has 0 aromatic heterocycles. The fraction of sp³-hybridized carbons (Fsp3) is 0.100. The molecule has 3 nitrogen and oxygen atoms in total. The van der Waals surface area contributed by atoms with E-state index in [1.807, 2.05) is 47.4 Å². The Morgan fingerprint density at radius 1 is 0.735 bits per heavy atom. The van der Waals surface area contributed by atoms with Crippen LogP contribution in [0.2, 0.25) is 0 Å². The summed E-state index contributed by atoms with van der Waals surface area (Å²) in [6.45, 7) is 1.14. The van der Waals surface area contributed by atoms with Crippen LogP contribution in [-0.2, 0) is 13.0 Å². The molecule has 0 radical (unpaired) electrons. The van der Waals surface area contributed by atoms with Gasteiger partial charge in [0.25, 0.3) is 0 Å². The van der Waals surface area contributed by atoms with E-state index in [2.05, 4.69) is 88.0 Å². The summed E-state index contributed by atoms with van der Waals surface area (Å²) in [5.41, 5.74) is 3.17. The molecule has 0 unspecified atom stereocenters. The molecular weight excluding hydrogens is 484 g/mol. The number of halogens is 1. The molecule has 5 aromatic carbocycles. The van der Waals surface area contributed by atoms with E-state index in [9.17, 15) is 4.79 Å². The Morgan fingerprint density at radius 2 is 1.32 bits per heavy atom. The molecule has 0 aliphatic carbocycles. The highest BCUT2D eigenvalue weighted by atomic mass is 79.9. The van der Waals surface area contributed by atoms with Crippen LogP contribution in [0.1, 0.15) is 11.1 Å². The molecule has 1 N–H and O–H groups in total. The minimum Gasteiger partial charge on any atom is -0.320 e. The van der Waals surface area contributed by atoms with Crippen molar-refractivity contribution in [3.05, 3.63) is 125 Å². The number of benzene rings is 5. The van der Waals surface area contributed by atoms with Crippen molar-refractivity contribution in [1.82, 2.24) is 4.90 Å². The third-order valence-electron chi connectivity index (χ3n) is 6.13. The molecule has 34 heavy (non-hydrogen) atoms. The Morgan fingerprint density at radius 3 is 1.97 bits per heavy atom. The fourth-order valence-corrected chi connectivity index (χ4v) is 4.63. The minimum absolute atomic E-state index is 0.102. The van der Waals surface area contributed by atoms with E-state index < -0.39 is 0 Å². The molecule has 2 amide bonds. The molecule has 0 bridgehead atoms. The SMILES string of the molecule is O=C(Nc1ccc(Br)cc1)N(CCc1ccccc1)Cc1c2ccccc2cc2ccccc12. The molecule has 4 heteroatoms. The molecule has 0 aliphatic rings. The third-order valence-corrected chi connectivity index (χ3v) is 6.66. The zero-order chi connectivity index (χ0) is 23.3. The largest absolute Gasteiger partial charge is 0.322 e. The third kappa shape index (κ3) is 4.97. The van der Waals surface area contributed by atoms with Gasteiger partial charge in [0.15, 0.2) is 0 Å². The van der Waals surface area contributed by atoms with Gasteiger partial charge in [0.2, 0.25) is 0 Å². The highest BCUT2D eigenvalue weighted by Gasteiger charge is 2.18. The number of amides is 2. The number of hydrogen-bond acceptors (Lipinski definition) is 1. The summed E-state index contributed by atoms with van der Waals surface area (Å²) in [5, 5.41) is 7.83. The van der Waals surface area contributed by atoms with Gasteiger partial charge in [-0.05, 0) is 69.4 Å². The summed E-state index contributed by atoms with van der Waals surface area (Å²) in [5.74, 6) is 0. The first-order valence-electron chi connectivity index (χ1n) is 11.4. The highest BCUT2D eigenvalue weighted by molar-refractivity contribution is 9.10. The summed E-state index contributed by atoms with van der Waals surface area (Å²) in [4.78, 5) is 15.4. The number of nitrogens with zero attached hydrogens (tertiary/aromatic N) is 1. The average Bonchev–Trinajstić information content (AvgIpc) is 2.88. The van der Waals surface area contributed by atoms with E-state index >= 15 is 0 Å². The van der Waals surface area contributed by atoms with Crippen LogP contribution in [0.25, 0.3) is 21.5 Å². The normalized spacial score (nSPS) is 11.0. The number of carbonyl (C=O) groups is 1. The van der Waals surface area contributed by atoms with Crippen molar-refractivity contribution in [2.75, 3.05) is 11.9 Å². The summed E-state index contributed by atoms with van der Waals surface area (Å²) < 4.78 is 0.980. The number of urea groups is 1. The van der Waals surface area contributed by atoms with E-state index in [0.29, 0.717) is 13.1 Å². The first-order valence-corrected chi connectivity index (χ1v) is 12.2. The molecule has 0 saturated carbocycles. The predicted molar refractivity (Wildman–Crippen MR) is 145 cm³/mol. The molecule has 0 saturated heterocycles. The van der Waals surface area contributed by atoms with Crippen LogP contribution in [0, 0.1) is 0 Å². The van der Waals surface area contributed by atoms with Gasteiger partial charge in [-0.1, -0.05) is 94.8 Å². The summed E-state index contributed by atoms with van der Waals surface area (Å²) in [6.07, 6.45) is 0.789. The van der Waals surface area contributed by atoms with Gasteiger partial charge >= 0.3 is 6.03 Å². The molecule has 0 heterocycles. The quantitative estimate of drug-likeness (QED) is 0.231. The van der Waals surface area contributed by atoms with Gasteiger partial charge in [-0.25, -0.2) is 4.79 Å². The van der Waals surface area contributed by atoms with Gasteiger partial charge in [0.1, 0.15) is 0 Å². The van der Waals surface area contributed by atoms with Crippen LogP contribution in [-0.4, -0.2) is 17.5 Å². The van der Waals surface area contributed by atoms with Crippen LogP contribution < -0.4 is 5.32 Å². The molecule has 5 aromatic rings. The Labute approximate surface area is 208 Å². The number of fused-ring (bicyclic) bond motifs is 2. The molecule has 0 aliphatic heterocycles. The average molecular weight is 509 g/mol. The van der Waals surface area contributed by atoms with Gasteiger partial charge in [0, 0.05) is 23.2 Å². The Hall–Kier alpha value is -3.63. The lowest BCUT2D eigenvalue weighted by Gasteiger charge is -2.25. The number of nitrogens with one attached hydrogen (secondary N) is 1. The Kier molecular flexibility index (Phi) is 6.59. The van der Waals surface area contributed by atoms with Crippen LogP contribution in [0.3, 0.4) is 0 Å². The molecular formula is C30H25BrN2O. The topological polar surface area (TPSA) is 32.3 Å². The molecule has 168 valence electrons. The van der Waals surface area contributed by atoms with Crippen molar-refractivity contribution in [3.8, 4) is 0 Å². The van der Waals surface area contributed by atoms with E-state index in [-0.39, 0.29) is 6.03 Å². The van der Waals surface area contributed by atoms with Crippen molar-refractivity contribution < 1.29 is 4.79 Å². The van der Waals surface area contributed by atoms with Crippen molar-refractivity contribution in [2.24, 2.45) is 0 Å². The zero-order valence-electron chi connectivity index (χ0n) is 18.7. The van der Waals surface area contributed by atoms with Gasteiger partial charge in [-0.15, -0.1) is 0 Å². The van der Waals surface area contributed by atoms with E-state index in [4.69, 9.17) is 0 Å². The standard InChI is InChI=1S/C30H25BrN2O/c31-25-14-16-26(17-15-25)32-30(34)33(19-18-22-8-2-1-3-9-22)21-29-27-12-6-4-10-23(27)20-24-11-5-7-13-28(24)29/h1-17,20H,18-19,21H2,(H,32,34). The maximum atomic E-state index is 13.5. The van der Waals surface area contributed by atoms with Crippen LogP contribution in [0.4, 0.5) is 10.5 Å². The van der Waals surface area contributed by atoms with Gasteiger partial charge in [-0.3, -0.25) is 0 Å². The monoisotopic (exact) mass is 508 g/mol. The second-order valence-corrected chi connectivity index (χ2v) is 9.31. The molecule has 0 spiro atoms. The Balaban J connectivity index is 1.51. The first kappa shape index (κ1) is 22.2. The number of anilines is 1. The second-order valence-electron chi connectivity index (χ2n) is 8.39. The lowest BCUT2D eigenvalue weighted by atomic mass is 9.96. The molecule has 0 fully saturated rings. The van der Waals surface area contributed by atoms with Crippen molar-refractivity contribution in [2.45, 2.75) is 13.0 Å². The summed E-state index contributed by atoms with van der Waals surface area (Å²) >= 11 is 3.46. The second kappa shape index (κ2) is 10.1. The molecule has 5 rings (SSSR count).